The second-order valence-electron chi connectivity index (χ2n) is 4.90. The van der Waals surface area contributed by atoms with Crippen LogP contribution >= 0.6 is 11.3 Å². The van der Waals surface area contributed by atoms with E-state index >= 15 is 0 Å². The molecule has 0 unspecified atom stereocenters. The van der Waals surface area contributed by atoms with Gasteiger partial charge in [0.15, 0.2) is 0 Å². The van der Waals surface area contributed by atoms with E-state index in [1.165, 1.54) is 23.5 Å². The SMILES string of the molecule is CCc1nc(-c2ccc(F)cc2F)sc1CNC(C)C. The monoisotopic (exact) mass is 296 g/mol. The molecule has 0 saturated carbocycles. The summed E-state index contributed by atoms with van der Waals surface area (Å²) in [4.78, 5) is 5.59. The van der Waals surface area contributed by atoms with Crippen LogP contribution in [0.4, 0.5) is 8.78 Å². The van der Waals surface area contributed by atoms with Crippen molar-refractivity contribution >= 4 is 11.3 Å². The van der Waals surface area contributed by atoms with Gasteiger partial charge < -0.3 is 5.32 Å². The van der Waals surface area contributed by atoms with E-state index < -0.39 is 11.6 Å². The molecular formula is C15H18F2N2S. The van der Waals surface area contributed by atoms with Crippen molar-refractivity contribution in [3.05, 3.63) is 40.4 Å². The minimum atomic E-state index is -0.569. The predicted octanol–water partition coefficient (Wildman–Crippen LogP) is 4.15. The molecule has 2 aromatic rings. The lowest BCUT2D eigenvalue weighted by atomic mass is 10.2. The van der Waals surface area contributed by atoms with Crippen molar-refractivity contribution in [2.45, 2.75) is 39.8 Å². The third-order valence-corrected chi connectivity index (χ3v) is 4.08. The van der Waals surface area contributed by atoms with E-state index in [2.05, 4.69) is 24.1 Å². The average Bonchev–Trinajstić information content (AvgIpc) is 2.79. The van der Waals surface area contributed by atoms with Crippen molar-refractivity contribution in [1.29, 1.82) is 0 Å². The molecule has 1 aromatic carbocycles. The lowest BCUT2D eigenvalue weighted by Crippen LogP contribution is -2.21. The Morgan fingerprint density at radius 1 is 1.30 bits per heavy atom. The number of thiazole rings is 1. The van der Waals surface area contributed by atoms with Gasteiger partial charge in [-0.15, -0.1) is 11.3 Å². The molecule has 1 N–H and O–H groups in total. The van der Waals surface area contributed by atoms with Gasteiger partial charge in [0.25, 0.3) is 0 Å². The molecule has 1 heterocycles. The smallest absolute Gasteiger partial charge is 0.136 e. The molecule has 0 radical (unpaired) electrons. The molecule has 20 heavy (non-hydrogen) atoms. The van der Waals surface area contributed by atoms with E-state index in [1.54, 1.807) is 0 Å². The number of rotatable bonds is 5. The van der Waals surface area contributed by atoms with Crippen LogP contribution in [0.5, 0.6) is 0 Å². The van der Waals surface area contributed by atoms with Crippen LogP contribution < -0.4 is 5.32 Å². The third-order valence-electron chi connectivity index (χ3n) is 2.95. The van der Waals surface area contributed by atoms with Crippen LogP contribution in [-0.4, -0.2) is 11.0 Å². The molecule has 0 aliphatic rings. The molecule has 2 nitrogen and oxygen atoms in total. The summed E-state index contributed by atoms with van der Waals surface area (Å²) < 4.78 is 26.8. The van der Waals surface area contributed by atoms with Gasteiger partial charge in [0.1, 0.15) is 16.6 Å². The highest BCUT2D eigenvalue weighted by Crippen LogP contribution is 2.30. The predicted molar refractivity (Wildman–Crippen MR) is 78.8 cm³/mol. The maximum Gasteiger partial charge on any atom is 0.136 e. The van der Waals surface area contributed by atoms with Gasteiger partial charge in [-0.1, -0.05) is 20.8 Å². The lowest BCUT2D eigenvalue weighted by Gasteiger charge is -2.06. The quantitative estimate of drug-likeness (QED) is 0.896. The zero-order valence-corrected chi connectivity index (χ0v) is 12.7. The number of hydrogen-bond acceptors (Lipinski definition) is 3. The number of halogens is 2. The van der Waals surface area contributed by atoms with Crippen LogP contribution in [0.25, 0.3) is 10.6 Å². The first-order valence-electron chi connectivity index (χ1n) is 6.68. The first-order chi connectivity index (χ1) is 9.51. The van der Waals surface area contributed by atoms with Crippen LogP contribution in [0.15, 0.2) is 18.2 Å². The zero-order valence-electron chi connectivity index (χ0n) is 11.8. The fraction of sp³-hybridized carbons (Fsp3) is 0.400. The van der Waals surface area contributed by atoms with Crippen molar-refractivity contribution in [3.8, 4) is 10.6 Å². The normalized spacial score (nSPS) is 11.3. The zero-order chi connectivity index (χ0) is 14.7. The summed E-state index contributed by atoms with van der Waals surface area (Å²) in [5.74, 6) is -1.13. The van der Waals surface area contributed by atoms with Crippen molar-refractivity contribution < 1.29 is 8.78 Å². The summed E-state index contributed by atoms with van der Waals surface area (Å²) >= 11 is 1.46. The van der Waals surface area contributed by atoms with Gasteiger partial charge in [-0.05, 0) is 18.6 Å². The first-order valence-corrected chi connectivity index (χ1v) is 7.50. The molecule has 0 amide bonds. The van der Waals surface area contributed by atoms with Crippen LogP contribution in [0.2, 0.25) is 0 Å². The van der Waals surface area contributed by atoms with Crippen molar-refractivity contribution in [1.82, 2.24) is 10.3 Å². The highest BCUT2D eigenvalue weighted by atomic mass is 32.1. The van der Waals surface area contributed by atoms with E-state index in [0.29, 0.717) is 16.6 Å². The van der Waals surface area contributed by atoms with Crippen molar-refractivity contribution in [2.75, 3.05) is 0 Å². The van der Waals surface area contributed by atoms with E-state index in [0.717, 1.165) is 29.6 Å². The Balaban J connectivity index is 2.33. The molecule has 108 valence electrons. The molecule has 0 spiro atoms. The second kappa shape index (κ2) is 6.41. The molecular weight excluding hydrogens is 278 g/mol. The van der Waals surface area contributed by atoms with E-state index in [9.17, 15) is 8.78 Å². The van der Waals surface area contributed by atoms with E-state index in [1.807, 2.05) is 6.92 Å². The molecule has 0 aliphatic carbocycles. The van der Waals surface area contributed by atoms with Crippen molar-refractivity contribution in [3.63, 3.8) is 0 Å². The Kier molecular flexibility index (Phi) is 4.83. The number of hydrogen-bond donors (Lipinski definition) is 1. The van der Waals surface area contributed by atoms with Crippen molar-refractivity contribution in [2.24, 2.45) is 0 Å². The maximum atomic E-state index is 13.8. The molecule has 0 fully saturated rings. The highest BCUT2D eigenvalue weighted by Gasteiger charge is 2.14. The number of benzene rings is 1. The summed E-state index contributed by atoms with van der Waals surface area (Å²) in [6.07, 6.45) is 0.800. The van der Waals surface area contributed by atoms with Gasteiger partial charge in [-0.25, -0.2) is 13.8 Å². The van der Waals surface area contributed by atoms with E-state index in [-0.39, 0.29) is 0 Å². The molecule has 5 heteroatoms. The summed E-state index contributed by atoms with van der Waals surface area (Å²) in [5, 5.41) is 3.95. The standard InChI is InChI=1S/C15H18F2N2S/c1-4-13-14(8-18-9(2)3)20-15(19-13)11-6-5-10(16)7-12(11)17/h5-7,9,18H,4,8H2,1-3H3. The van der Waals surface area contributed by atoms with Gasteiger partial charge in [0, 0.05) is 29.1 Å². The fourth-order valence-corrected chi connectivity index (χ4v) is 3.00. The fourth-order valence-electron chi connectivity index (χ4n) is 1.87. The number of aryl methyl sites for hydroxylation is 1. The van der Waals surface area contributed by atoms with Gasteiger partial charge in [0.05, 0.1) is 5.69 Å². The summed E-state index contributed by atoms with van der Waals surface area (Å²) in [6.45, 7) is 6.90. The Morgan fingerprint density at radius 2 is 2.05 bits per heavy atom. The summed E-state index contributed by atoms with van der Waals surface area (Å²) in [6, 6.07) is 3.99. The number of nitrogens with zero attached hydrogens (tertiary/aromatic N) is 1. The minimum absolute atomic E-state index is 0.363. The second-order valence-corrected chi connectivity index (χ2v) is 5.99. The molecule has 0 atom stereocenters. The Hall–Kier alpha value is -1.33. The Labute approximate surface area is 121 Å². The van der Waals surface area contributed by atoms with Crippen LogP contribution in [0.1, 0.15) is 31.3 Å². The van der Waals surface area contributed by atoms with E-state index in [4.69, 9.17) is 0 Å². The number of nitrogens with one attached hydrogen (secondary N) is 1. The van der Waals surface area contributed by atoms with Crippen LogP contribution in [0, 0.1) is 11.6 Å². The average molecular weight is 296 g/mol. The van der Waals surface area contributed by atoms with Crippen LogP contribution in [0.3, 0.4) is 0 Å². The number of aromatic nitrogens is 1. The highest BCUT2D eigenvalue weighted by molar-refractivity contribution is 7.15. The topological polar surface area (TPSA) is 24.9 Å². The van der Waals surface area contributed by atoms with Gasteiger partial charge in [0.2, 0.25) is 0 Å². The largest absolute Gasteiger partial charge is 0.310 e. The lowest BCUT2D eigenvalue weighted by molar-refractivity contribution is 0.585. The first kappa shape index (κ1) is 15.1. The molecule has 0 aliphatic heterocycles. The Morgan fingerprint density at radius 3 is 2.65 bits per heavy atom. The maximum absolute atomic E-state index is 13.8. The molecule has 0 bridgehead atoms. The molecule has 1 aromatic heterocycles. The van der Waals surface area contributed by atoms with Gasteiger partial charge >= 0.3 is 0 Å². The summed E-state index contributed by atoms with van der Waals surface area (Å²) in [7, 11) is 0. The third kappa shape index (κ3) is 3.41. The van der Waals surface area contributed by atoms with Gasteiger partial charge in [-0.3, -0.25) is 0 Å². The van der Waals surface area contributed by atoms with Crippen LogP contribution in [-0.2, 0) is 13.0 Å². The Bertz CT molecular complexity index is 594. The summed E-state index contributed by atoms with van der Waals surface area (Å²) in [5.41, 5.74) is 1.34. The molecule has 2 rings (SSSR count). The van der Waals surface area contributed by atoms with Gasteiger partial charge in [-0.2, -0.15) is 0 Å². The minimum Gasteiger partial charge on any atom is -0.310 e. The molecule has 0 saturated heterocycles.